The zero-order valence-electron chi connectivity index (χ0n) is 15.5. The molecule has 0 saturated carbocycles. The predicted octanol–water partition coefficient (Wildman–Crippen LogP) is 1.67. The van der Waals surface area contributed by atoms with Crippen LogP contribution in [-0.2, 0) is 20.7 Å². The highest BCUT2D eigenvalue weighted by molar-refractivity contribution is 5.81. The molecule has 0 radical (unpaired) electrons. The Morgan fingerprint density at radius 2 is 1.74 bits per heavy atom. The number of rotatable bonds is 6. The molecule has 0 saturated heterocycles. The van der Waals surface area contributed by atoms with Crippen molar-refractivity contribution >= 4 is 12.1 Å². The van der Waals surface area contributed by atoms with Crippen LogP contribution in [0.5, 0.6) is 11.8 Å². The Kier molecular flexibility index (Phi) is 6.58. The maximum Gasteiger partial charge on any atom is 0.408 e. The standard InChI is InChI=1S/C17H21N5O5/c1-17(2,3)27-16(24)20-13(14(23)25-4)9-11-5-7-12(8-6-11)26-15-21-18-10-19-22-15/h5-8,10,13H,9H2,1-4H3,(H,20,24)/t13-/m0/s1. The second-order valence-electron chi connectivity index (χ2n) is 6.50. The third-order valence-corrected chi connectivity index (χ3v) is 3.14. The summed E-state index contributed by atoms with van der Waals surface area (Å²) < 4.78 is 15.3. The van der Waals surface area contributed by atoms with Crippen LogP contribution in [-0.4, -0.2) is 51.2 Å². The van der Waals surface area contributed by atoms with E-state index in [0.717, 1.165) is 5.56 Å². The zero-order chi connectivity index (χ0) is 19.9. The predicted molar refractivity (Wildman–Crippen MR) is 93.0 cm³/mol. The highest BCUT2D eigenvalue weighted by Crippen LogP contribution is 2.18. The Labute approximate surface area is 156 Å². The quantitative estimate of drug-likeness (QED) is 0.750. The number of alkyl carbamates (subject to hydrolysis) is 1. The normalized spacial score (nSPS) is 12.0. The number of methoxy groups -OCH3 is 1. The second-order valence-corrected chi connectivity index (χ2v) is 6.50. The van der Waals surface area contributed by atoms with Crippen molar-refractivity contribution in [1.82, 2.24) is 25.7 Å². The summed E-state index contributed by atoms with van der Waals surface area (Å²) in [7, 11) is 1.25. The largest absolute Gasteiger partial charge is 0.467 e. The molecule has 1 amide bonds. The van der Waals surface area contributed by atoms with Gasteiger partial charge in [0.05, 0.1) is 7.11 Å². The van der Waals surface area contributed by atoms with Gasteiger partial charge in [0.1, 0.15) is 17.4 Å². The number of carbonyl (C=O) groups is 2. The van der Waals surface area contributed by atoms with Gasteiger partial charge in [0, 0.05) is 6.42 Å². The van der Waals surface area contributed by atoms with Crippen molar-refractivity contribution in [3.63, 3.8) is 0 Å². The smallest absolute Gasteiger partial charge is 0.408 e. The molecule has 0 aliphatic carbocycles. The number of esters is 1. The maximum absolute atomic E-state index is 12.0. The van der Waals surface area contributed by atoms with Crippen LogP contribution in [0.1, 0.15) is 26.3 Å². The molecule has 1 aromatic carbocycles. The minimum absolute atomic E-state index is 0.0179. The number of nitrogens with one attached hydrogen (secondary N) is 1. The highest BCUT2D eigenvalue weighted by atomic mass is 16.6. The van der Waals surface area contributed by atoms with Crippen LogP contribution < -0.4 is 10.1 Å². The molecule has 1 heterocycles. The van der Waals surface area contributed by atoms with Crippen LogP contribution >= 0.6 is 0 Å². The van der Waals surface area contributed by atoms with Gasteiger partial charge in [-0.05, 0) is 38.5 Å². The van der Waals surface area contributed by atoms with Crippen LogP contribution in [0.15, 0.2) is 30.6 Å². The SMILES string of the molecule is COC(=O)[C@H](Cc1ccc(Oc2nncnn2)cc1)NC(=O)OC(C)(C)C. The fourth-order valence-electron chi connectivity index (χ4n) is 2.05. The van der Waals surface area contributed by atoms with E-state index >= 15 is 0 Å². The summed E-state index contributed by atoms with van der Waals surface area (Å²) in [4.78, 5) is 23.9. The van der Waals surface area contributed by atoms with E-state index in [-0.39, 0.29) is 12.4 Å². The molecule has 1 N–H and O–H groups in total. The molecule has 0 spiro atoms. The van der Waals surface area contributed by atoms with Gasteiger partial charge in [-0.2, -0.15) is 0 Å². The lowest BCUT2D eigenvalue weighted by Gasteiger charge is -2.22. The third kappa shape index (κ3) is 6.84. The average molecular weight is 375 g/mol. The van der Waals surface area contributed by atoms with Crippen LogP contribution in [0.4, 0.5) is 4.79 Å². The van der Waals surface area contributed by atoms with Crippen molar-refractivity contribution < 1.29 is 23.8 Å². The first-order valence-electron chi connectivity index (χ1n) is 8.11. The lowest BCUT2D eigenvalue weighted by atomic mass is 10.1. The summed E-state index contributed by atoms with van der Waals surface area (Å²) in [6, 6.07) is 5.96. The van der Waals surface area contributed by atoms with Gasteiger partial charge in [-0.25, -0.2) is 9.59 Å². The molecule has 2 aromatic rings. The maximum atomic E-state index is 12.0. The summed E-state index contributed by atoms with van der Waals surface area (Å²) in [5, 5.41) is 17.0. The lowest BCUT2D eigenvalue weighted by Crippen LogP contribution is -2.45. The molecule has 0 unspecified atom stereocenters. The van der Waals surface area contributed by atoms with E-state index in [4.69, 9.17) is 14.2 Å². The Morgan fingerprint density at radius 1 is 1.11 bits per heavy atom. The highest BCUT2D eigenvalue weighted by Gasteiger charge is 2.25. The van der Waals surface area contributed by atoms with Crippen LogP contribution in [0.25, 0.3) is 0 Å². The van der Waals surface area contributed by atoms with E-state index < -0.39 is 23.7 Å². The van der Waals surface area contributed by atoms with E-state index in [1.807, 2.05) is 0 Å². The van der Waals surface area contributed by atoms with E-state index in [0.29, 0.717) is 5.75 Å². The lowest BCUT2D eigenvalue weighted by molar-refractivity contribution is -0.143. The number of carbonyl (C=O) groups excluding carboxylic acids is 2. The number of hydrogen-bond acceptors (Lipinski definition) is 9. The summed E-state index contributed by atoms with van der Waals surface area (Å²) >= 11 is 0. The minimum Gasteiger partial charge on any atom is -0.467 e. The van der Waals surface area contributed by atoms with Gasteiger partial charge in [0.15, 0.2) is 6.33 Å². The Balaban J connectivity index is 2.02. The number of hydrogen-bond donors (Lipinski definition) is 1. The first kappa shape index (κ1) is 20.0. The number of nitrogens with zero attached hydrogens (tertiary/aromatic N) is 4. The molecule has 0 aliphatic heterocycles. The third-order valence-electron chi connectivity index (χ3n) is 3.14. The van der Waals surface area contributed by atoms with Gasteiger partial charge in [-0.3, -0.25) is 0 Å². The number of ether oxygens (including phenoxy) is 3. The molecule has 0 aliphatic rings. The molecule has 2 rings (SSSR count). The number of amides is 1. The van der Waals surface area contributed by atoms with Crippen molar-refractivity contribution in [1.29, 1.82) is 0 Å². The van der Waals surface area contributed by atoms with E-state index in [9.17, 15) is 9.59 Å². The van der Waals surface area contributed by atoms with Crippen LogP contribution in [0, 0.1) is 0 Å². The van der Waals surface area contributed by atoms with Gasteiger partial charge in [0.2, 0.25) is 0 Å². The summed E-state index contributed by atoms with van der Waals surface area (Å²) in [6.45, 7) is 5.21. The first-order valence-corrected chi connectivity index (χ1v) is 8.11. The molecule has 10 heteroatoms. The fraction of sp³-hybridized carbons (Fsp3) is 0.412. The Morgan fingerprint density at radius 3 is 2.30 bits per heavy atom. The van der Waals surface area contributed by atoms with Crippen LogP contribution in [0.3, 0.4) is 0 Å². The van der Waals surface area contributed by atoms with E-state index in [1.165, 1.54) is 13.4 Å². The number of benzene rings is 1. The molecule has 0 fully saturated rings. The summed E-state index contributed by atoms with van der Waals surface area (Å²) in [6.07, 6.45) is 0.719. The van der Waals surface area contributed by atoms with Crippen molar-refractivity contribution in [2.75, 3.05) is 7.11 Å². The summed E-state index contributed by atoms with van der Waals surface area (Å²) in [5.41, 5.74) is 0.103. The molecule has 1 aromatic heterocycles. The van der Waals surface area contributed by atoms with Gasteiger partial charge >= 0.3 is 18.1 Å². The summed E-state index contributed by atoms with van der Waals surface area (Å²) in [5.74, 6) is -0.0979. The minimum atomic E-state index is -0.887. The second kappa shape index (κ2) is 8.88. The van der Waals surface area contributed by atoms with E-state index in [2.05, 4.69) is 25.7 Å². The van der Waals surface area contributed by atoms with Gasteiger partial charge < -0.3 is 19.5 Å². The molecule has 10 nitrogen and oxygen atoms in total. The molecule has 1 atom stereocenters. The molecular formula is C17H21N5O5. The fourth-order valence-corrected chi connectivity index (χ4v) is 2.05. The molecule has 144 valence electrons. The van der Waals surface area contributed by atoms with Gasteiger partial charge in [0.25, 0.3) is 0 Å². The zero-order valence-corrected chi connectivity index (χ0v) is 15.5. The molecule has 27 heavy (non-hydrogen) atoms. The Bertz CT molecular complexity index is 762. The van der Waals surface area contributed by atoms with E-state index in [1.54, 1.807) is 45.0 Å². The average Bonchev–Trinajstić information content (AvgIpc) is 2.61. The topological polar surface area (TPSA) is 125 Å². The van der Waals surface area contributed by atoms with Crippen molar-refractivity contribution in [3.05, 3.63) is 36.2 Å². The van der Waals surface area contributed by atoms with Crippen molar-refractivity contribution in [2.45, 2.75) is 38.8 Å². The van der Waals surface area contributed by atoms with Gasteiger partial charge in [-0.15, -0.1) is 10.2 Å². The van der Waals surface area contributed by atoms with Crippen LogP contribution in [0.2, 0.25) is 0 Å². The Hall–Kier alpha value is -3.30. The van der Waals surface area contributed by atoms with Crippen molar-refractivity contribution in [3.8, 4) is 11.8 Å². The molecule has 0 bridgehead atoms. The molecular weight excluding hydrogens is 354 g/mol. The number of aromatic nitrogens is 4. The van der Waals surface area contributed by atoms with Gasteiger partial charge in [-0.1, -0.05) is 22.3 Å². The monoisotopic (exact) mass is 375 g/mol. The van der Waals surface area contributed by atoms with Crippen molar-refractivity contribution in [2.24, 2.45) is 0 Å². The first-order chi connectivity index (χ1) is 12.8.